The van der Waals surface area contributed by atoms with E-state index in [2.05, 4.69) is 10.4 Å². The van der Waals surface area contributed by atoms with Crippen molar-refractivity contribution in [2.24, 2.45) is 0 Å². The summed E-state index contributed by atoms with van der Waals surface area (Å²) in [6.07, 6.45) is 1.25. The number of rotatable bonds is 7. The summed E-state index contributed by atoms with van der Waals surface area (Å²) in [7, 11) is 0. The molecule has 0 unspecified atom stereocenters. The number of aromatic nitrogens is 2. The summed E-state index contributed by atoms with van der Waals surface area (Å²) in [4.78, 5) is 25.3. The molecule has 1 N–H and O–H groups in total. The maximum absolute atomic E-state index is 12.9. The molecule has 4 rings (SSSR count). The smallest absolute Gasteiger partial charge is 0.357 e. The van der Waals surface area contributed by atoms with Crippen molar-refractivity contribution in [2.75, 3.05) is 0 Å². The van der Waals surface area contributed by atoms with Crippen LogP contribution >= 0.6 is 0 Å². The lowest BCUT2D eigenvalue weighted by Gasteiger charge is -2.14. The van der Waals surface area contributed by atoms with E-state index in [4.69, 9.17) is 4.74 Å². The average molecular weight is 403 g/mol. The van der Waals surface area contributed by atoms with Gasteiger partial charge in [0.25, 0.3) is 5.91 Å². The van der Waals surface area contributed by atoms with Crippen LogP contribution in [0.5, 0.6) is 0 Å². The number of carbonyl (C=O) groups excluding carboxylic acids is 2. The first-order chi connectivity index (χ1) is 14.5. The Morgan fingerprint density at radius 1 is 1.13 bits per heavy atom. The van der Waals surface area contributed by atoms with Gasteiger partial charge in [-0.25, -0.2) is 9.48 Å². The Labute approximate surface area is 175 Å². The molecule has 0 saturated heterocycles. The van der Waals surface area contributed by atoms with E-state index >= 15 is 0 Å². The van der Waals surface area contributed by atoms with Crippen molar-refractivity contribution in [1.82, 2.24) is 15.1 Å². The zero-order valence-corrected chi connectivity index (χ0v) is 17.2. The van der Waals surface area contributed by atoms with Gasteiger partial charge in [0.15, 0.2) is 11.8 Å². The van der Waals surface area contributed by atoms with Crippen LogP contribution in [0.4, 0.5) is 0 Å². The maximum atomic E-state index is 12.9. The second-order valence-corrected chi connectivity index (χ2v) is 7.73. The van der Waals surface area contributed by atoms with E-state index in [-0.39, 0.29) is 5.91 Å². The molecule has 1 atom stereocenters. The summed E-state index contributed by atoms with van der Waals surface area (Å²) in [5.41, 5.74) is 4.16. The Kier molecular flexibility index (Phi) is 5.65. The van der Waals surface area contributed by atoms with Crippen LogP contribution < -0.4 is 5.32 Å². The molecule has 1 saturated carbocycles. The Morgan fingerprint density at radius 2 is 1.83 bits per heavy atom. The van der Waals surface area contributed by atoms with Gasteiger partial charge in [-0.1, -0.05) is 48.0 Å². The molecular weight excluding hydrogens is 378 g/mol. The summed E-state index contributed by atoms with van der Waals surface area (Å²) in [6.45, 7) is 3.97. The minimum absolute atomic E-state index is 0.335. The molecule has 1 amide bonds. The van der Waals surface area contributed by atoms with Crippen molar-refractivity contribution in [1.29, 1.82) is 0 Å². The van der Waals surface area contributed by atoms with E-state index in [1.54, 1.807) is 17.7 Å². The molecule has 1 fully saturated rings. The highest BCUT2D eigenvalue weighted by atomic mass is 16.5. The van der Waals surface area contributed by atoms with Crippen molar-refractivity contribution in [3.8, 4) is 5.69 Å². The third kappa shape index (κ3) is 4.59. The lowest BCUT2D eigenvalue weighted by atomic mass is 10.1. The summed E-state index contributed by atoms with van der Waals surface area (Å²) in [5.74, 6) is -0.495. The van der Waals surface area contributed by atoms with Gasteiger partial charge in [0.2, 0.25) is 0 Å². The number of aryl methyl sites for hydroxylation is 1. The largest absolute Gasteiger partial charge is 0.448 e. The second kappa shape index (κ2) is 8.53. The number of para-hydroxylation sites is 1. The molecule has 1 aliphatic carbocycles. The number of hydrogen-bond donors (Lipinski definition) is 1. The summed E-state index contributed by atoms with van der Waals surface area (Å²) in [5, 5.41) is 7.43. The zero-order valence-electron chi connectivity index (χ0n) is 17.2. The zero-order chi connectivity index (χ0) is 21.1. The molecular formula is C24H25N3O3. The molecule has 30 heavy (non-hydrogen) atoms. The minimum Gasteiger partial charge on any atom is -0.448 e. The van der Waals surface area contributed by atoms with E-state index in [1.807, 2.05) is 61.5 Å². The van der Waals surface area contributed by atoms with Crippen LogP contribution in [0.2, 0.25) is 0 Å². The van der Waals surface area contributed by atoms with Crippen LogP contribution in [0.1, 0.15) is 53.0 Å². The molecule has 2 aromatic carbocycles. The molecule has 1 aliphatic rings. The maximum Gasteiger partial charge on any atom is 0.357 e. The van der Waals surface area contributed by atoms with E-state index in [9.17, 15) is 9.59 Å². The van der Waals surface area contributed by atoms with Crippen LogP contribution in [0.3, 0.4) is 0 Å². The fourth-order valence-electron chi connectivity index (χ4n) is 3.20. The summed E-state index contributed by atoms with van der Waals surface area (Å²) < 4.78 is 7.07. The number of esters is 1. The van der Waals surface area contributed by atoms with Gasteiger partial charge in [0, 0.05) is 12.5 Å². The van der Waals surface area contributed by atoms with Crippen molar-refractivity contribution in [2.45, 2.75) is 45.3 Å². The normalized spacial score (nSPS) is 14.2. The fraction of sp³-hybridized carbons (Fsp3) is 0.292. The predicted octanol–water partition coefficient (Wildman–Crippen LogP) is 3.92. The lowest BCUT2D eigenvalue weighted by molar-refractivity contribution is -0.129. The summed E-state index contributed by atoms with van der Waals surface area (Å²) in [6, 6.07) is 19.2. The highest BCUT2D eigenvalue weighted by Gasteiger charge is 2.30. The number of benzene rings is 2. The molecule has 6 heteroatoms. The molecule has 0 radical (unpaired) electrons. The highest BCUT2D eigenvalue weighted by Crippen LogP contribution is 2.39. The van der Waals surface area contributed by atoms with Gasteiger partial charge >= 0.3 is 5.97 Å². The van der Waals surface area contributed by atoms with E-state index in [1.165, 1.54) is 0 Å². The number of nitrogens with zero attached hydrogens (tertiary/aromatic N) is 2. The Balaban J connectivity index is 1.43. The number of nitrogens with one attached hydrogen (secondary N) is 1. The van der Waals surface area contributed by atoms with Crippen LogP contribution in [0, 0.1) is 6.92 Å². The van der Waals surface area contributed by atoms with Crippen LogP contribution in [0.15, 0.2) is 60.7 Å². The van der Waals surface area contributed by atoms with Gasteiger partial charge in [0.1, 0.15) is 0 Å². The van der Waals surface area contributed by atoms with E-state index < -0.39 is 12.1 Å². The first kappa shape index (κ1) is 19.9. The van der Waals surface area contributed by atoms with Gasteiger partial charge in [-0.15, -0.1) is 0 Å². The first-order valence-corrected chi connectivity index (χ1v) is 10.2. The van der Waals surface area contributed by atoms with Crippen molar-refractivity contribution in [3.05, 3.63) is 83.2 Å². The summed E-state index contributed by atoms with van der Waals surface area (Å²) >= 11 is 0. The first-order valence-electron chi connectivity index (χ1n) is 10.2. The number of amides is 1. The predicted molar refractivity (Wildman–Crippen MR) is 113 cm³/mol. The van der Waals surface area contributed by atoms with E-state index in [0.29, 0.717) is 18.2 Å². The lowest BCUT2D eigenvalue weighted by Crippen LogP contribution is -2.35. The molecule has 3 aromatic rings. The Morgan fingerprint density at radius 3 is 2.50 bits per heavy atom. The third-order valence-electron chi connectivity index (χ3n) is 5.17. The van der Waals surface area contributed by atoms with Crippen LogP contribution in [0.25, 0.3) is 5.69 Å². The monoisotopic (exact) mass is 403 g/mol. The molecule has 0 bridgehead atoms. The van der Waals surface area contributed by atoms with Gasteiger partial charge in [-0.2, -0.15) is 5.10 Å². The molecule has 0 spiro atoms. The SMILES string of the molecule is Cc1ccc(CNC(=O)[C@H](C)OC(=O)c2cc(C3CC3)nn2-c2ccccc2)cc1. The molecule has 154 valence electrons. The fourth-order valence-corrected chi connectivity index (χ4v) is 3.20. The van der Waals surface area contributed by atoms with Crippen LogP contribution in [-0.2, 0) is 16.1 Å². The number of ether oxygens (including phenoxy) is 1. The van der Waals surface area contributed by atoms with Crippen molar-refractivity contribution in [3.63, 3.8) is 0 Å². The van der Waals surface area contributed by atoms with Crippen molar-refractivity contribution >= 4 is 11.9 Å². The Bertz CT molecular complexity index is 1040. The van der Waals surface area contributed by atoms with Gasteiger partial charge in [0.05, 0.1) is 11.4 Å². The quantitative estimate of drug-likeness (QED) is 0.607. The van der Waals surface area contributed by atoms with Gasteiger partial charge < -0.3 is 10.1 Å². The van der Waals surface area contributed by atoms with Gasteiger partial charge in [-0.05, 0) is 50.5 Å². The standard InChI is InChI=1S/C24H25N3O3/c1-16-8-10-18(11-9-16)15-25-23(28)17(2)30-24(29)22-14-21(19-12-13-19)26-27(22)20-6-4-3-5-7-20/h3-11,14,17,19H,12-13,15H2,1-2H3,(H,25,28)/t17-/m0/s1. The van der Waals surface area contributed by atoms with Gasteiger partial charge in [-0.3, -0.25) is 4.79 Å². The number of hydrogen-bond acceptors (Lipinski definition) is 4. The van der Waals surface area contributed by atoms with E-state index in [0.717, 1.165) is 35.3 Å². The molecule has 0 aliphatic heterocycles. The Hall–Kier alpha value is -3.41. The average Bonchev–Trinajstić information content (AvgIpc) is 3.51. The van der Waals surface area contributed by atoms with Crippen molar-refractivity contribution < 1.29 is 14.3 Å². The topological polar surface area (TPSA) is 73.2 Å². The third-order valence-corrected chi connectivity index (χ3v) is 5.17. The molecule has 1 heterocycles. The second-order valence-electron chi connectivity index (χ2n) is 7.73. The molecule has 1 aromatic heterocycles. The van der Waals surface area contributed by atoms with Crippen LogP contribution in [-0.4, -0.2) is 27.8 Å². The minimum atomic E-state index is -0.911. The highest BCUT2D eigenvalue weighted by molar-refractivity contribution is 5.91. The molecule has 6 nitrogen and oxygen atoms in total. The number of carbonyl (C=O) groups is 2.